The van der Waals surface area contributed by atoms with Crippen LogP contribution in [0, 0.1) is 6.20 Å². The van der Waals surface area contributed by atoms with Crippen LogP contribution in [0.5, 0.6) is 10.9 Å². The van der Waals surface area contributed by atoms with Crippen LogP contribution in [0.1, 0.15) is 0 Å². The zero-order valence-electron chi connectivity index (χ0n) is 6.83. The number of thiazole rings is 1. The third-order valence-corrected chi connectivity index (χ3v) is 2.59. The highest BCUT2D eigenvalue weighted by Gasteiger charge is 2.04. The van der Waals surface area contributed by atoms with Gasteiger partial charge in [-0.25, -0.2) is 4.98 Å². The van der Waals surface area contributed by atoms with Crippen molar-refractivity contribution in [1.29, 1.82) is 0 Å². The summed E-state index contributed by atoms with van der Waals surface area (Å²) in [7, 11) is 0. The lowest BCUT2D eigenvalue weighted by Gasteiger charge is -2.03. The number of aromatic nitrogens is 1. The molecule has 0 fully saturated rings. The minimum absolute atomic E-state index is 0.465. The first kappa shape index (κ1) is 9.77. The second-order valence-electron chi connectivity index (χ2n) is 2.42. The van der Waals surface area contributed by atoms with Gasteiger partial charge < -0.3 is 4.74 Å². The summed E-state index contributed by atoms with van der Waals surface area (Å²) in [6, 6.07) is 5.03. The smallest absolute Gasteiger partial charge is 0.279 e. The maximum atomic E-state index is 5.90. The van der Waals surface area contributed by atoms with Gasteiger partial charge in [-0.1, -0.05) is 34.5 Å². The zero-order valence-corrected chi connectivity index (χ0v) is 9.16. The highest BCUT2D eigenvalue weighted by atomic mass is 35.5. The van der Waals surface area contributed by atoms with Crippen LogP contribution in [0.25, 0.3) is 0 Å². The molecule has 0 unspecified atom stereocenters. The molecule has 0 aliphatic rings. The zero-order chi connectivity index (χ0) is 9.97. The van der Waals surface area contributed by atoms with E-state index in [-0.39, 0.29) is 0 Å². The first-order chi connectivity index (χ1) is 6.75. The van der Waals surface area contributed by atoms with E-state index in [0.717, 1.165) is 0 Å². The Balaban J connectivity index is 2.25. The van der Waals surface area contributed by atoms with E-state index in [1.807, 2.05) is 0 Å². The van der Waals surface area contributed by atoms with Crippen molar-refractivity contribution in [1.82, 2.24) is 4.98 Å². The van der Waals surface area contributed by atoms with Crippen molar-refractivity contribution < 1.29 is 4.74 Å². The number of nitrogens with zero attached hydrogens (tertiary/aromatic N) is 1. The number of halogens is 2. The average Bonchev–Trinajstić information content (AvgIpc) is 2.62. The molecule has 0 atom stereocenters. The second kappa shape index (κ2) is 4.17. The molecule has 0 aliphatic heterocycles. The third kappa shape index (κ3) is 2.18. The van der Waals surface area contributed by atoms with E-state index in [1.165, 1.54) is 11.3 Å². The molecule has 0 saturated carbocycles. The van der Waals surface area contributed by atoms with E-state index in [9.17, 15) is 0 Å². The fourth-order valence-electron chi connectivity index (χ4n) is 0.881. The molecule has 2 aromatic rings. The molecule has 0 N–H and O–H groups in total. The molecule has 5 heteroatoms. The molecular formula is C9H4Cl2NOS. The Hall–Kier alpha value is -0.770. The molecule has 1 heterocycles. The van der Waals surface area contributed by atoms with Gasteiger partial charge >= 0.3 is 0 Å². The maximum absolute atomic E-state index is 5.90. The highest BCUT2D eigenvalue weighted by Crippen LogP contribution is 2.31. The van der Waals surface area contributed by atoms with Crippen LogP contribution in [0.4, 0.5) is 0 Å². The number of hydrogen-bond acceptors (Lipinski definition) is 3. The number of ether oxygens (including phenoxy) is 1. The Bertz CT molecular complexity index is 430. The molecule has 2 nitrogen and oxygen atoms in total. The first-order valence-electron chi connectivity index (χ1n) is 3.70. The number of benzene rings is 1. The van der Waals surface area contributed by atoms with Crippen molar-refractivity contribution >= 4 is 34.5 Å². The molecule has 2 rings (SSSR count). The lowest BCUT2D eigenvalue weighted by atomic mass is 10.3. The SMILES string of the molecule is Clc1ccc(Oc2n[c]cs2)c(Cl)c1. The third-order valence-electron chi connectivity index (χ3n) is 1.46. The second-order valence-corrected chi connectivity index (χ2v) is 4.08. The monoisotopic (exact) mass is 244 g/mol. The Morgan fingerprint density at radius 2 is 2.21 bits per heavy atom. The summed E-state index contributed by atoms with van der Waals surface area (Å²) in [4.78, 5) is 3.85. The van der Waals surface area contributed by atoms with Gasteiger partial charge in [-0.15, -0.1) is 0 Å². The summed E-state index contributed by atoms with van der Waals surface area (Å²) in [6.45, 7) is 0. The van der Waals surface area contributed by atoms with Gasteiger partial charge in [0, 0.05) is 10.4 Å². The van der Waals surface area contributed by atoms with Crippen molar-refractivity contribution in [3.8, 4) is 10.9 Å². The largest absolute Gasteiger partial charge is 0.429 e. The first-order valence-corrected chi connectivity index (χ1v) is 5.34. The predicted octanol–water partition coefficient (Wildman–Crippen LogP) is 4.04. The minimum atomic E-state index is 0.465. The predicted molar refractivity (Wildman–Crippen MR) is 57.5 cm³/mol. The Morgan fingerprint density at radius 1 is 1.36 bits per heavy atom. The summed E-state index contributed by atoms with van der Waals surface area (Å²) in [5.41, 5.74) is 0. The van der Waals surface area contributed by atoms with Crippen LogP contribution in [-0.4, -0.2) is 4.98 Å². The molecular weight excluding hydrogens is 241 g/mol. The molecule has 1 radical (unpaired) electrons. The van der Waals surface area contributed by atoms with E-state index in [2.05, 4.69) is 11.2 Å². The topological polar surface area (TPSA) is 22.1 Å². The van der Waals surface area contributed by atoms with Gasteiger partial charge in [-0.2, -0.15) is 0 Å². The fourth-order valence-corrected chi connectivity index (χ4v) is 1.78. The molecule has 1 aromatic carbocycles. The summed E-state index contributed by atoms with van der Waals surface area (Å²) in [5, 5.41) is 3.26. The molecule has 0 saturated heterocycles. The summed E-state index contributed by atoms with van der Waals surface area (Å²) in [5.74, 6) is 0.541. The lowest BCUT2D eigenvalue weighted by Crippen LogP contribution is -1.83. The van der Waals surface area contributed by atoms with Gasteiger partial charge in [-0.05, 0) is 18.2 Å². The van der Waals surface area contributed by atoms with Crippen LogP contribution >= 0.6 is 34.5 Å². The van der Waals surface area contributed by atoms with Crippen molar-refractivity contribution in [2.45, 2.75) is 0 Å². The minimum Gasteiger partial charge on any atom is -0.429 e. The van der Waals surface area contributed by atoms with Crippen molar-refractivity contribution in [3.63, 3.8) is 0 Å². The van der Waals surface area contributed by atoms with E-state index < -0.39 is 0 Å². The molecule has 14 heavy (non-hydrogen) atoms. The normalized spacial score (nSPS) is 10.1. The molecule has 0 amide bonds. The van der Waals surface area contributed by atoms with Crippen LogP contribution < -0.4 is 4.74 Å². The average molecular weight is 245 g/mol. The summed E-state index contributed by atoms with van der Waals surface area (Å²) >= 11 is 13.0. The van der Waals surface area contributed by atoms with Crippen LogP contribution in [0.3, 0.4) is 0 Å². The molecule has 0 aliphatic carbocycles. The molecule has 0 spiro atoms. The Morgan fingerprint density at radius 3 is 2.86 bits per heavy atom. The molecule has 71 valence electrons. The van der Waals surface area contributed by atoms with E-state index >= 15 is 0 Å². The van der Waals surface area contributed by atoms with Gasteiger partial charge in [0.05, 0.1) is 5.02 Å². The van der Waals surface area contributed by atoms with E-state index in [0.29, 0.717) is 21.0 Å². The van der Waals surface area contributed by atoms with Gasteiger partial charge in [0.15, 0.2) is 0 Å². The van der Waals surface area contributed by atoms with Gasteiger partial charge in [-0.3, -0.25) is 0 Å². The van der Waals surface area contributed by atoms with Crippen molar-refractivity contribution in [2.75, 3.05) is 0 Å². The summed E-state index contributed by atoms with van der Waals surface area (Å²) < 4.78 is 5.39. The number of hydrogen-bond donors (Lipinski definition) is 0. The van der Waals surface area contributed by atoms with Crippen molar-refractivity contribution in [3.05, 3.63) is 39.8 Å². The van der Waals surface area contributed by atoms with E-state index in [1.54, 1.807) is 23.6 Å². The Kier molecular flexibility index (Phi) is 2.91. The standard InChI is InChI=1S/C9H4Cl2NOS/c10-6-1-2-8(7(11)5-6)13-9-12-3-4-14-9/h1-2,4-5H. The lowest BCUT2D eigenvalue weighted by molar-refractivity contribution is 0.479. The number of rotatable bonds is 2. The van der Waals surface area contributed by atoms with Gasteiger partial charge in [0.25, 0.3) is 5.19 Å². The van der Waals surface area contributed by atoms with Crippen LogP contribution in [0.15, 0.2) is 23.6 Å². The molecule has 0 bridgehead atoms. The molecule has 1 aromatic heterocycles. The van der Waals surface area contributed by atoms with Crippen LogP contribution in [-0.2, 0) is 0 Å². The Labute approximate surface area is 95.1 Å². The van der Waals surface area contributed by atoms with Crippen molar-refractivity contribution in [2.24, 2.45) is 0 Å². The highest BCUT2D eigenvalue weighted by molar-refractivity contribution is 7.11. The summed E-state index contributed by atoms with van der Waals surface area (Å²) in [6.07, 6.45) is 2.66. The maximum Gasteiger partial charge on any atom is 0.279 e. The van der Waals surface area contributed by atoms with Crippen LogP contribution in [0.2, 0.25) is 10.0 Å². The van der Waals surface area contributed by atoms with Gasteiger partial charge in [0.2, 0.25) is 0 Å². The van der Waals surface area contributed by atoms with Gasteiger partial charge in [0.1, 0.15) is 11.9 Å². The van der Waals surface area contributed by atoms with E-state index in [4.69, 9.17) is 27.9 Å². The quantitative estimate of drug-likeness (QED) is 0.796. The fraction of sp³-hybridized carbons (Fsp3) is 0.